The molecule has 0 N–H and O–H groups in total. The van der Waals surface area contributed by atoms with Crippen LogP contribution < -0.4 is 0 Å². The summed E-state index contributed by atoms with van der Waals surface area (Å²) in [5.74, 6) is 0.548. The topological polar surface area (TPSA) is 25.8 Å². The second-order valence-corrected chi connectivity index (χ2v) is 5.62. The fourth-order valence-corrected chi connectivity index (χ4v) is 2.04. The zero-order valence-electron chi connectivity index (χ0n) is 8.64. The lowest BCUT2D eigenvalue weighted by Crippen LogP contribution is -1.96. The third-order valence-electron chi connectivity index (χ3n) is 2.15. The first-order valence-corrected chi connectivity index (χ1v) is 6.85. The molecule has 2 aromatic rings. The van der Waals surface area contributed by atoms with Crippen LogP contribution in [0.2, 0.25) is 15.2 Å². The maximum absolute atomic E-state index is 6.02. The molecule has 0 aliphatic heterocycles. The van der Waals surface area contributed by atoms with E-state index in [9.17, 15) is 0 Å². The SMILES string of the molecule is Cc1nc(-c2ccc(Cl)c(Cl)c2)nc(Cl)c1I. The van der Waals surface area contributed by atoms with Crippen LogP contribution in [0.3, 0.4) is 0 Å². The molecule has 0 saturated heterocycles. The van der Waals surface area contributed by atoms with E-state index >= 15 is 0 Å². The molecule has 0 spiro atoms. The Morgan fingerprint density at radius 3 is 2.35 bits per heavy atom. The number of halogens is 4. The number of rotatable bonds is 1. The molecule has 1 aromatic carbocycles. The van der Waals surface area contributed by atoms with E-state index in [1.54, 1.807) is 12.1 Å². The van der Waals surface area contributed by atoms with Crippen LogP contribution in [0.4, 0.5) is 0 Å². The molecular formula is C11H6Cl3IN2. The molecule has 2 nitrogen and oxygen atoms in total. The van der Waals surface area contributed by atoms with Gasteiger partial charge in [-0.2, -0.15) is 0 Å². The summed E-state index contributed by atoms with van der Waals surface area (Å²) in [7, 11) is 0. The van der Waals surface area contributed by atoms with Gasteiger partial charge in [-0.25, -0.2) is 9.97 Å². The summed E-state index contributed by atoms with van der Waals surface area (Å²) in [6, 6.07) is 5.25. The van der Waals surface area contributed by atoms with Crippen LogP contribution in [0.1, 0.15) is 5.69 Å². The summed E-state index contributed by atoms with van der Waals surface area (Å²) in [5.41, 5.74) is 1.63. The Hall–Kier alpha value is -0.100. The molecule has 0 bridgehead atoms. The normalized spacial score (nSPS) is 10.6. The predicted molar refractivity (Wildman–Crippen MR) is 80.0 cm³/mol. The molecule has 17 heavy (non-hydrogen) atoms. The Morgan fingerprint density at radius 1 is 1.06 bits per heavy atom. The fourth-order valence-electron chi connectivity index (χ4n) is 1.29. The van der Waals surface area contributed by atoms with E-state index in [2.05, 4.69) is 32.6 Å². The van der Waals surface area contributed by atoms with E-state index in [1.165, 1.54) is 0 Å². The highest BCUT2D eigenvalue weighted by molar-refractivity contribution is 14.1. The summed E-state index contributed by atoms with van der Waals surface area (Å²) in [6.07, 6.45) is 0. The average molecular weight is 399 g/mol. The Kier molecular flexibility index (Phi) is 4.13. The Bertz CT molecular complexity index is 564. The van der Waals surface area contributed by atoms with Gasteiger partial charge in [0.25, 0.3) is 0 Å². The van der Waals surface area contributed by atoms with Gasteiger partial charge in [0.05, 0.1) is 19.3 Å². The second kappa shape index (κ2) is 5.26. The number of nitrogens with zero attached hydrogens (tertiary/aromatic N) is 2. The quantitative estimate of drug-likeness (QED) is 0.497. The summed E-state index contributed by atoms with van der Waals surface area (Å²) < 4.78 is 0.855. The van der Waals surface area contributed by atoms with Crippen molar-refractivity contribution in [2.24, 2.45) is 0 Å². The summed E-state index contributed by atoms with van der Waals surface area (Å²) in [4.78, 5) is 8.59. The Balaban J connectivity index is 2.57. The number of benzene rings is 1. The standard InChI is InChI=1S/C11H6Cl3IN2/c1-5-9(15)10(14)17-11(16-5)6-2-3-7(12)8(13)4-6/h2-4H,1H3. The molecule has 0 radical (unpaired) electrons. The number of hydrogen-bond acceptors (Lipinski definition) is 2. The highest BCUT2D eigenvalue weighted by Crippen LogP contribution is 2.28. The van der Waals surface area contributed by atoms with Crippen molar-refractivity contribution in [2.45, 2.75) is 6.92 Å². The molecule has 0 aliphatic carbocycles. The van der Waals surface area contributed by atoms with Crippen LogP contribution in [-0.4, -0.2) is 9.97 Å². The molecule has 2 rings (SSSR count). The van der Waals surface area contributed by atoms with Gasteiger partial charge < -0.3 is 0 Å². The minimum atomic E-state index is 0.444. The molecule has 0 atom stereocenters. The lowest BCUT2D eigenvalue weighted by molar-refractivity contribution is 1.09. The first-order valence-electron chi connectivity index (χ1n) is 4.64. The molecule has 0 aliphatic rings. The summed E-state index contributed by atoms with van der Waals surface area (Å²) in [6.45, 7) is 1.89. The van der Waals surface area contributed by atoms with Gasteiger partial charge in [0.1, 0.15) is 5.15 Å². The van der Waals surface area contributed by atoms with Crippen molar-refractivity contribution >= 4 is 57.4 Å². The largest absolute Gasteiger partial charge is 0.232 e. The van der Waals surface area contributed by atoms with Crippen molar-refractivity contribution in [1.29, 1.82) is 0 Å². The highest BCUT2D eigenvalue weighted by Gasteiger charge is 2.10. The summed E-state index contributed by atoms with van der Waals surface area (Å²) in [5, 5.41) is 1.42. The average Bonchev–Trinajstić information content (AvgIpc) is 2.29. The van der Waals surface area contributed by atoms with Crippen molar-refractivity contribution in [3.8, 4) is 11.4 Å². The van der Waals surface area contributed by atoms with Gasteiger partial charge in [-0.05, 0) is 47.7 Å². The lowest BCUT2D eigenvalue weighted by Gasteiger charge is -2.05. The van der Waals surface area contributed by atoms with Crippen LogP contribution in [0, 0.1) is 10.5 Å². The highest BCUT2D eigenvalue weighted by atomic mass is 127. The number of aryl methyl sites for hydroxylation is 1. The predicted octanol–water partition coefficient (Wildman–Crippen LogP) is 5.02. The smallest absolute Gasteiger partial charge is 0.161 e. The van der Waals surface area contributed by atoms with Crippen molar-refractivity contribution < 1.29 is 0 Å². The second-order valence-electron chi connectivity index (χ2n) is 3.37. The summed E-state index contributed by atoms with van der Waals surface area (Å²) >= 11 is 19.9. The molecule has 1 heterocycles. The van der Waals surface area contributed by atoms with E-state index in [0.29, 0.717) is 21.0 Å². The minimum Gasteiger partial charge on any atom is -0.232 e. The van der Waals surface area contributed by atoms with Crippen LogP contribution in [0.15, 0.2) is 18.2 Å². The lowest BCUT2D eigenvalue weighted by atomic mass is 10.2. The zero-order chi connectivity index (χ0) is 12.6. The third kappa shape index (κ3) is 2.84. The van der Waals surface area contributed by atoms with Gasteiger partial charge >= 0.3 is 0 Å². The van der Waals surface area contributed by atoms with E-state index in [1.807, 2.05) is 13.0 Å². The van der Waals surface area contributed by atoms with E-state index < -0.39 is 0 Å². The van der Waals surface area contributed by atoms with Crippen LogP contribution in [0.25, 0.3) is 11.4 Å². The molecule has 0 fully saturated rings. The Labute approximate surface area is 127 Å². The van der Waals surface area contributed by atoms with Crippen molar-refractivity contribution in [3.05, 3.63) is 42.7 Å². The van der Waals surface area contributed by atoms with E-state index in [-0.39, 0.29) is 0 Å². The van der Waals surface area contributed by atoms with Crippen molar-refractivity contribution in [2.75, 3.05) is 0 Å². The van der Waals surface area contributed by atoms with E-state index in [0.717, 1.165) is 14.8 Å². The Morgan fingerprint density at radius 2 is 1.76 bits per heavy atom. The number of aromatic nitrogens is 2. The molecule has 1 aromatic heterocycles. The molecule has 6 heteroatoms. The molecule has 0 saturated carbocycles. The first-order chi connectivity index (χ1) is 7.99. The molecule has 0 unspecified atom stereocenters. The van der Waals surface area contributed by atoms with Crippen molar-refractivity contribution in [3.63, 3.8) is 0 Å². The molecule has 0 amide bonds. The van der Waals surface area contributed by atoms with Gasteiger partial charge in [-0.1, -0.05) is 34.8 Å². The maximum atomic E-state index is 6.02. The third-order valence-corrected chi connectivity index (χ3v) is 4.78. The van der Waals surface area contributed by atoms with Crippen LogP contribution >= 0.6 is 57.4 Å². The zero-order valence-corrected chi connectivity index (χ0v) is 13.1. The van der Waals surface area contributed by atoms with Gasteiger partial charge in [0.2, 0.25) is 0 Å². The van der Waals surface area contributed by atoms with Gasteiger partial charge in [-0.3, -0.25) is 0 Å². The van der Waals surface area contributed by atoms with E-state index in [4.69, 9.17) is 34.8 Å². The maximum Gasteiger partial charge on any atom is 0.161 e. The van der Waals surface area contributed by atoms with Gasteiger partial charge in [0.15, 0.2) is 5.82 Å². The molecule has 88 valence electrons. The minimum absolute atomic E-state index is 0.444. The monoisotopic (exact) mass is 398 g/mol. The van der Waals surface area contributed by atoms with Gasteiger partial charge in [-0.15, -0.1) is 0 Å². The fraction of sp³-hybridized carbons (Fsp3) is 0.0909. The van der Waals surface area contributed by atoms with Crippen molar-refractivity contribution in [1.82, 2.24) is 9.97 Å². The first kappa shape index (κ1) is 13.3. The molecular weight excluding hydrogens is 393 g/mol. The van der Waals surface area contributed by atoms with Gasteiger partial charge in [0, 0.05) is 5.56 Å². The van der Waals surface area contributed by atoms with Crippen LogP contribution in [0.5, 0.6) is 0 Å². The van der Waals surface area contributed by atoms with Crippen LogP contribution in [-0.2, 0) is 0 Å². The number of hydrogen-bond donors (Lipinski definition) is 0.